The number of fused-ring (bicyclic) bond motifs is 1. The first-order valence-corrected chi connectivity index (χ1v) is 8.63. The molecular weight excluding hydrogens is 322 g/mol. The second-order valence-corrected chi connectivity index (χ2v) is 6.58. The Morgan fingerprint density at radius 1 is 1.29 bits per heavy atom. The van der Waals surface area contributed by atoms with Crippen LogP contribution < -0.4 is 5.32 Å². The number of benzene rings is 1. The van der Waals surface area contributed by atoms with Gasteiger partial charge in [-0.3, -0.25) is 4.79 Å². The lowest BCUT2D eigenvalue weighted by molar-refractivity contribution is 0.0935. The number of amides is 1. The Balaban J connectivity index is 1.56. The molecule has 24 heavy (non-hydrogen) atoms. The van der Waals surface area contributed by atoms with E-state index in [0.29, 0.717) is 11.4 Å². The number of pyridine rings is 1. The summed E-state index contributed by atoms with van der Waals surface area (Å²) in [6.07, 6.45) is 5.52. The number of carbonyl (C=O) groups excluding carboxylic acids is 1. The van der Waals surface area contributed by atoms with Crippen LogP contribution in [-0.2, 0) is 0 Å². The maximum atomic E-state index is 12.7. The maximum absolute atomic E-state index is 12.7. The number of hydrogen-bond acceptors (Lipinski definition) is 5. The fourth-order valence-electron chi connectivity index (χ4n) is 2.75. The van der Waals surface area contributed by atoms with E-state index in [1.165, 1.54) is 21.5 Å². The molecule has 1 aliphatic heterocycles. The lowest BCUT2D eigenvalue weighted by Crippen LogP contribution is -2.30. The lowest BCUT2D eigenvalue weighted by atomic mass is 10.0. The SMILES string of the molecule is O=C(N[C@H]1CCSc2ccccc21)c1ccnc(-n2cncn2)c1. The van der Waals surface area contributed by atoms with Crippen LogP contribution in [0.25, 0.3) is 5.82 Å². The van der Waals surface area contributed by atoms with E-state index in [0.717, 1.165) is 12.2 Å². The van der Waals surface area contributed by atoms with Crippen LogP contribution in [0.4, 0.5) is 0 Å². The number of hydrogen-bond donors (Lipinski definition) is 1. The average Bonchev–Trinajstić information content (AvgIpc) is 3.17. The Hall–Kier alpha value is -2.67. The van der Waals surface area contributed by atoms with E-state index in [4.69, 9.17) is 0 Å². The molecule has 6 nitrogen and oxygen atoms in total. The van der Waals surface area contributed by atoms with Gasteiger partial charge in [-0.1, -0.05) is 18.2 Å². The Labute approximate surface area is 143 Å². The summed E-state index contributed by atoms with van der Waals surface area (Å²) in [6, 6.07) is 11.7. The average molecular weight is 337 g/mol. The number of thioether (sulfide) groups is 1. The Kier molecular flexibility index (Phi) is 4.00. The topological polar surface area (TPSA) is 72.7 Å². The van der Waals surface area contributed by atoms with Crippen molar-refractivity contribution in [3.63, 3.8) is 0 Å². The van der Waals surface area contributed by atoms with E-state index in [1.807, 2.05) is 23.9 Å². The van der Waals surface area contributed by atoms with Crippen LogP contribution in [0.5, 0.6) is 0 Å². The molecule has 0 fully saturated rings. The zero-order valence-electron chi connectivity index (χ0n) is 12.8. The minimum atomic E-state index is -0.106. The van der Waals surface area contributed by atoms with Crippen LogP contribution >= 0.6 is 11.8 Å². The summed E-state index contributed by atoms with van der Waals surface area (Å²) in [5.41, 5.74) is 1.75. The fourth-order valence-corrected chi connectivity index (χ4v) is 3.87. The van der Waals surface area contributed by atoms with E-state index in [9.17, 15) is 4.79 Å². The van der Waals surface area contributed by atoms with Crippen LogP contribution in [0.1, 0.15) is 28.4 Å². The third-order valence-corrected chi connectivity index (χ3v) is 5.05. The summed E-state index contributed by atoms with van der Waals surface area (Å²) in [4.78, 5) is 22.0. The Bertz CT molecular complexity index is 865. The van der Waals surface area contributed by atoms with Gasteiger partial charge in [0.25, 0.3) is 5.91 Å². The summed E-state index contributed by atoms with van der Waals surface area (Å²) in [7, 11) is 0. The molecule has 0 bridgehead atoms. The van der Waals surface area contributed by atoms with Gasteiger partial charge in [0.05, 0.1) is 6.04 Å². The molecule has 1 N–H and O–H groups in total. The van der Waals surface area contributed by atoms with Gasteiger partial charge in [0.1, 0.15) is 12.7 Å². The third kappa shape index (κ3) is 2.90. The smallest absolute Gasteiger partial charge is 0.251 e. The summed E-state index contributed by atoms with van der Waals surface area (Å²) >= 11 is 1.84. The molecule has 0 radical (unpaired) electrons. The number of nitrogens with one attached hydrogen (secondary N) is 1. The highest BCUT2D eigenvalue weighted by molar-refractivity contribution is 7.99. The van der Waals surface area contributed by atoms with E-state index in [-0.39, 0.29) is 11.9 Å². The quantitative estimate of drug-likeness (QED) is 0.795. The molecule has 2 aromatic heterocycles. The van der Waals surface area contributed by atoms with Crippen molar-refractivity contribution in [3.8, 4) is 5.82 Å². The maximum Gasteiger partial charge on any atom is 0.251 e. The summed E-state index contributed by atoms with van der Waals surface area (Å²) in [5.74, 6) is 1.47. The minimum Gasteiger partial charge on any atom is -0.345 e. The molecule has 1 aliphatic rings. The largest absolute Gasteiger partial charge is 0.345 e. The van der Waals surface area contributed by atoms with Gasteiger partial charge in [0.2, 0.25) is 0 Å². The van der Waals surface area contributed by atoms with Crippen LogP contribution in [0.2, 0.25) is 0 Å². The van der Waals surface area contributed by atoms with Gasteiger partial charge in [-0.25, -0.2) is 14.6 Å². The molecule has 0 aliphatic carbocycles. The molecule has 1 amide bonds. The van der Waals surface area contributed by atoms with E-state index >= 15 is 0 Å². The van der Waals surface area contributed by atoms with Crippen molar-refractivity contribution in [2.75, 3.05) is 5.75 Å². The van der Waals surface area contributed by atoms with Crippen molar-refractivity contribution >= 4 is 17.7 Å². The second-order valence-electron chi connectivity index (χ2n) is 5.44. The zero-order chi connectivity index (χ0) is 16.4. The number of carbonyl (C=O) groups is 1. The molecule has 0 unspecified atom stereocenters. The Morgan fingerprint density at radius 3 is 3.08 bits per heavy atom. The number of nitrogens with zero attached hydrogens (tertiary/aromatic N) is 4. The predicted molar refractivity (Wildman–Crippen MR) is 91.1 cm³/mol. The number of aromatic nitrogens is 4. The van der Waals surface area contributed by atoms with Gasteiger partial charge in [0.15, 0.2) is 5.82 Å². The van der Waals surface area contributed by atoms with Crippen LogP contribution in [-0.4, -0.2) is 31.4 Å². The summed E-state index contributed by atoms with van der Waals surface area (Å²) in [6.45, 7) is 0. The molecule has 120 valence electrons. The molecule has 4 rings (SSSR count). The normalized spacial score (nSPS) is 16.4. The molecule has 0 spiro atoms. The molecule has 0 saturated heterocycles. The van der Waals surface area contributed by atoms with E-state index in [1.54, 1.807) is 24.7 Å². The highest BCUT2D eigenvalue weighted by Crippen LogP contribution is 2.35. The predicted octanol–water partition coefficient (Wildman–Crippen LogP) is 2.63. The minimum absolute atomic E-state index is 0.0398. The van der Waals surface area contributed by atoms with Gasteiger partial charge < -0.3 is 5.32 Å². The molecule has 3 aromatic rings. The molecule has 1 aromatic carbocycles. The van der Waals surface area contributed by atoms with E-state index < -0.39 is 0 Å². The van der Waals surface area contributed by atoms with Gasteiger partial charge in [-0.15, -0.1) is 11.8 Å². The van der Waals surface area contributed by atoms with Crippen molar-refractivity contribution in [2.45, 2.75) is 17.4 Å². The Morgan fingerprint density at radius 2 is 2.21 bits per heavy atom. The molecule has 0 saturated carbocycles. The molecular formula is C17H15N5OS. The summed E-state index contributed by atoms with van der Waals surface area (Å²) < 4.78 is 1.53. The van der Waals surface area contributed by atoms with Gasteiger partial charge in [-0.05, 0) is 30.2 Å². The van der Waals surface area contributed by atoms with Gasteiger partial charge in [0, 0.05) is 22.4 Å². The van der Waals surface area contributed by atoms with Crippen molar-refractivity contribution in [1.82, 2.24) is 25.1 Å². The second kappa shape index (κ2) is 6.45. The summed E-state index contributed by atoms with van der Waals surface area (Å²) in [5, 5.41) is 7.18. The zero-order valence-corrected chi connectivity index (χ0v) is 13.6. The van der Waals surface area contributed by atoms with E-state index in [2.05, 4.69) is 32.5 Å². The highest BCUT2D eigenvalue weighted by Gasteiger charge is 2.22. The van der Waals surface area contributed by atoms with Crippen molar-refractivity contribution in [2.24, 2.45) is 0 Å². The van der Waals surface area contributed by atoms with Crippen LogP contribution in [0.15, 0.2) is 60.1 Å². The number of rotatable bonds is 3. The van der Waals surface area contributed by atoms with Gasteiger partial charge in [-0.2, -0.15) is 5.10 Å². The molecule has 3 heterocycles. The first-order valence-electron chi connectivity index (χ1n) is 7.65. The lowest BCUT2D eigenvalue weighted by Gasteiger charge is -2.25. The fraction of sp³-hybridized carbons (Fsp3) is 0.176. The monoisotopic (exact) mass is 337 g/mol. The molecule has 1 atom stereocenters. The first kappa shape index (κ1) is 14.9. The highest BCUT2D eigenvalue weighted by atomic mass is 32.2. The van der Waals surface area contributed by atoms with Crippen molar-refractivity contribution in [1.29, 1.82) is 0 Å². The standard InChI is InChI=1S/C17H15N5OS/c23-17(12-5-7-19-16(9-12)22-11-18-10-20-22)21-14-6-8-24-15-4-2-1-3-13(14)15/h1-5,7,9-11,14H,6,8H2,(H,21,23)/t14-/m0/s1. The van der Waals surface area contributed by atoms with Crippen molar-refractivity contribution < 1.29 is 4.79 Å². The van der Waals surface area contributed by atoms with Crippen molar-refractivity contribution in [3.05, 3.63) is 66.4 Å². The van der Waals surface area contributed by atoms with Gasteiger partial charge >= 0.3 is 0 Å². The molecule has 7 heteroatoms. The van der Waals surface area contributed by atoms with Crippen LogP contribution in [0, 0.1) is 0 Å². The first-order chi connectivity index (χ1) is 11.8. The van der Waals surface area contributed by atoms with Crippen LogP contribution in [0.3, 0.4) is 0 Å². The third-order valence-electron chi connectivity index (χ3n) is 3.93.